The number of halogens is 1. The van der Waals surface area contributed by atoms with Crippen LogP contribution in [0.3, 0.4) is 0 Å². The van der Waals surface area contributed by atoms with E-state index >= 15 is 0 Å². The molecule has 0 atom stereocenters. The molecule has 0 fully saturated rings. The van der Waals surface area contributed by atoms with Gasteiger partial charge in [0, 0.05) is 36.3 Å². The van der Waals surface area contributed by atoms with Gasteiger partial charge in [0.15, 0.2) is 0 Å². The molecule has 26 heavy (non-hydrogen) atoms. The molecular formula is C21H25ClN2O2. The maximum absolute atomic E-state index is 12.5. The lowest BCUT2D eigenvalue weighted by molar-refractivity contribution is -0.117. The summed E-state index contributed by atoms with van der Waals surface area (Å²) >= 11 is 6.01. The molecule has 0 aromatic heterocycles. The molecular weight excluding hydrogens is 348 g/mol. The highest BCUT2D eigenvalue weighted by molar-refractivity contribution is 6.30. The van der Waals surface area contributed by atoms with Crippen molar-refractivity contribution in [2.45, 2.75) is 40.0 Å². The molecule has 0 aliphatic rings. The molecule has 2 amide bonds. The lowest BCUT2D eigenvalue weighted by atomic mass is 10.0. The molecule has 0 saturated heterocycles. The minimum atomic E-state index is -0.122. The highest BCUT2D eigenvalue weighted by Crippen LogP contribution is 2.23. The second-order valence-electron chi connectivity index (χ2n) is 6.11. The Kier molecular flexibility index (Phi) is 7.22. The molecule has 4 nitrogen and oxygen atoms in total. The number of rotatable bonds is 7. The first-order chi connectivity index (χ1) is 12.5. The number of carbonyl (C=O) groups is 2. The first-order valence-corrected chi connectivity index (χ1v) is 9.28. The molecule has 0 heterocycles. The fraction of sp³-hybridized carbons (Fsp3) is 0.333. The monoisotopic (exact) mass is 372 g/mol. The van der Waals surface area contributed by atoms with E-state index in [2.05, 4.69) is 19.2 Å². The van der Waals surface area contributed by atoms with Gasteiger partial charge < -0.3 is 10.2 Å². The van der Waals surface area contributed by atoms with Crippen molar-refractivity contribution in [2.24, 2.45) is 0 Å². The summed E-state index contributed by atoms with van der Waals surface area (Å²) in [4.78, 5) is 26.0. The average Bonchev–Trinajstić information content (AvgIpc) is 2.61. The van der Waals surface area contributed by atoms with Crippen molar-refractivity contribution in [3.05, 3.63) is 58.6 Å². The zero-order valence-electron chi connectivity index (χ0n) is 15.5. The van der Waals surface area contributed by atoms with E-state index in [4.69, 9.17) is 11.6 Å². The summed E-state index contributed by atoms with van der Waals surface area (Å²) in [5.41, 5.74) is 3.84. The van der Waals surface area contributed by atoms with Crippen LogP contribution in [0.4, 0.5) is 11.4 Å². The zero-order valence-corrected chi connectivity index (χ0v) is 16.3. The van der Waals surface area contributed by atoms with Gasteiger partial charge in [-0.05, 0) is 42.2 Å². The molecule has 0 saturated carbocycles. The molecule has 0 bridgehead atoms. The molecule has 138 valence electrons. The van der Waals surface area contributed by atoms with E-state index in [0.29, 0.717) is 17.3 Å². The molecule has 1 N–H and O–H groups in total. The van der Waals surface area contributed by atoms with Gasteiger partial charge in [-0.2, -0.15) is 0 Å². The molecule has 2 aromatic carbocycles. The zero-order chi connectivity index (χ0) is 19.1. The van der Waals surface area contributed by atoms with Crippen molar-refractivity contribution in [2.75, 3.05) is 16.8 Å². The van der Waals surface area contributed by atoms with Crippen LogP contribution in [0.25, 0.3) is 0 Å². The number of nitrogens with zero attached hydrogens (tertiary/aromatic N) is 1. The van der Waals surface area contributed by atoms with E-state index in [1.807, 2.05) is 24.3 Å². The molecule has 0 radical (unpaired) electrons. The summed E-state index contributed by atoms with van der Waals surface area (Å²) in [5, 5.41) is 3.59. The Morgan fingerprint density at radius 2 is 1.65 bits per heavy atom. The topological polar surface area (TPSA) is 49.4 Å². The van der Waals surface area contributed by atoms with Crippen LogP contribution in [-0.2, 0) is 22.4 Å². The Morgan fingerprint density at radius 1 is 1.04 bits per heavy atom. The molecule has 2 rings (SSSR count). The van der Waals surface area contributed by atoms with E-state index < -0.39 is 0 Å². The van der Waals surface area contributed by atoms with E-state index in [1.54, 1.807) is 23.1 Å². The lowest BCUT2D eigenvalue weighted by Gasteiger charge is -2.21. The number of anilines is 2. The van der Waals surface area contributed by atoms with Gasteiger partial charge in [-0.3, -0.25) is 9.59 Å². The van der Waals surface area contributed by atoms with Crippen LogP contribution in [0.15, 0.2) is 42.5 Å². The summed E-state index contributed by atoms with van der Waals surface area (Å²) in [6, 6.07) is 13.2. The molecule has 0 aliphatic carbocycles. The van der Waals surface area contributed by atoms with Crippen LogP contribution in [0.1, 0.15) is 38.3 Å². The van der Waals surface area contributed by atoms with Gasteiger partial charge in [0.2, 0.25) is 11.8 Å². The molecule has 5 heteroatoms. The van der Waals surface area contributed by atoms with E-state index in [1.165, 1.54) is 6.92 Å². The van der Waals surface area contributed by atoms with Gasteiger partial charge in [-0.1, -0.05) is 49.7 Å². The molecule has 0 unspecified atom stereocenters. The minimum absolute atomic E-state index is 0.103. The van der Waals surface area contributed by atoms with Gasteiger partial charge in [-0.15, -0.1) is 0 Å². The third-order valence-corrected chi connectivity index (χ3v) is 4.56. The van der Waals surface area contributed by atoms with Crippen LogP contribution in [0.5, 0.6) is 0 Å². The van der Waals surface area contributed by atoms with Crippen molar-refractivity contribution < 1.29 is 9.59 Å². The van der Waals surface area contributed by atoms with Gasteiger partial charge >= 0.3 is 0 Å². The predicted octanol–water partition coefficient (Wildman–Crippen LogP) is 4.85. The smallest absolute Gasteiger partial charge is 0.226 e. The Hall–Kier alpha value is -2.33. The fourth-order valence-corrected chi connectivity index (χ4v) is 3.12. The normalized spacial score (nSPS) is 10.5. The van der Waals surface area contributed by atoms with Crippen LogP contribution in [-0.4, -0.2) is 18.4 Å². The van der Waals surface area contributed by atoms with Crippen LogP contribution in [0.2, 0.25) is 5.02 Å². The summed E-state index contributed by atoms with van der Waals surface area (Å²) in [5.74, 6) is -0.225. The molecule has 0 aliphatic heterocycles. The largest absolute Gasteiger partial charge is 0.326 e. The third-order valence-electron chi connectivity index (χ3n) is 4.33. The summed E-state index contributed by atoms with van der Waals surface area (Å²) in [6.07, 6.45) is 1.92. The average molecular weight is 373 g/mol. The molecule has 2 aromatic rings. The number of aryl methyl sites for hydroxylation is 2. The highest BCUT2D eigenvalue weighted by atomic mass is 35.5. The van der Waals surface area contributed by atoms with E-state index in [9.17, 15) is 9.59 Å². The van der Waals surface area contributed by atoms with Gasteiger partial charge in [0.25, 0.3) is 0 Å². The number of benzene rings is 2. The van der Waals surface area contributed by atoms with Crippen molar-refractivity contribution in [3.8, 4) is 0 Å². The number of hydrogen-bond donors (Lipinski definition) is 1. The SMILES string of the molecule is CCc1cccc(CC)c1NC(=O)CCN(C(C)=O)c1cccc(Cl)c1. The number of hydrogen-bond acceptors (Lipinski definition) is 2. The standard InChI is InChI=1S/C21H25ClN2O2/c1-4-16-8-6-9-17(5-2)21(16)23-20(26)12-13-24(15(3)25)19-11-7-10-18(22)14-19/h6-11,14H,4-5,12-13H2,1-3H3,(H,23,26). The minimum Gasteiger partial charge on any atom is -0.326 e. The number of amides is 2. The Balaban J connectivity index is 2.09. The van der Waals surface area contributed by atoms with Gasteiger partial charge in [0.05, 0.1) is 0 Å². The van der Waals surface area contributed by atoms with Crippen LogP contribution < -0.4 is 10.2 Å². The second kappa shape index (κ2) is 9.39. The lowest BCUT2D eigenvalue weighted by Crippen LogP contribution is -2.32. The van der Waals surface area contributed by atoms with Gasteiger partial charge in [-0.25, -0.2) is 0 Å². The fourth-order valence-electron chi connectivity index (χ4n) is 2.93. The first kappa shape index (κ1) is 20.0. The third kappa shape index (κ3) is 5.09. The van der Waals surface area contributed by atoms with E-state index in [0.717, 1.165) is 29.7 Å². The number of para-hydroxylation sites is 1. The van der Waals surface area contributed by atoms with Crippen molar-refractivity contribution in [1.29, 1.82) is 0 Å². The Labute approximate surface area is 160 Å². The van der Waals surface area contributed by atoms with Gasteiger partial charge in [0.1, 0.15) is 0 Å². The second-order valence-corrected chi connectivity index (χ2v) is 6.54. The highest BCUT2D eigenvalue weighted by Gasteiger charge is 2.15. The summed E-state index contributed by atoms with van der Waals surface area (Å²) in [6.45, 7) is 5.93. The van der Waals surface area contributed by atoms with Crippen LogP contribution >= 0.6 is 11.6 Å². The van der Waals surface area contributed by atoms with Crippen molar-refractivity contribution in [3.63, 3.8) is 0 Å². The Bertz CT molecular complexity index is 767. The van der Waals surface area contributed by atoms with E-state index in [-0.39, 0.29) is 18.2 Å². The quantitative estimate of drug-likeness (QED) is 0.755. The maximum atomic E-state index is 12.5. The first-order valence-electron chi connectivity index (χ1n) is 8.90. The predicted molar refractivity (Wildman–Crippen MR) is 108 cm³/mol. The number of carbonyl (C=O) groups excluding carboxylic acids is 2. The molecule has 0 spiro atoms. The van der Waals surface area contributed by atoms with Crippen LogP contribution in [0, 0.1) is 0 Å². The maximum Gasteiger partial charge on any atom is 0.226 e. The Morgan fingerprint density at radius 3 is 2.19 bits per heavy atom. The summed E-state index contributed by atoms with van der Waals surface area (Å²) < 4.78 is 0. The van der Waals surface area contributed by atoms with Crippen molar-refractivity contribution >= 4 is 34.8 Å². The van der Waals surface area contributed by atoms with Crippen molar-refractivity contribution in [1.82, 2.24) is 0 Å². The summed E-state index contributed by atoms with van der Waals surface area (Å²) in [7, 11) is 0. The number of nitrogens with one attached hydrogen (secondary N) is 1.